The summed E-state index contributed by atoms with van der Waals surface area (Å²) in [6.45, 7) is 6.50. The summed E-state index contributed by atoms with van der Waals surface area (Å²) >= 11 is 0. The van der Waals surface area contributed by atoms with E-state index in [9.17, 15) is 5.11 Å². The molecule has 0 heterocycles. The number of hydrogen-bond donors (Lipinski definition) is 1. The highest BCUT2D eigenvalue weighted by Crippen LogP contribution is 2.40. The predicted octanol–water partition coefficient (Wildman–Crippen LogP) is 3.77. The molecule has 0 bridgehead atoms. The van der Waals surface area contributed by atoms with Crippen molar-refractivity contribution in [3.8, 4) is 0 Å². The first-order valence-corrected chi connectivity index (χ1v) is 7.38. The van der Waals surface area contributed by atoms with Crippen molar-refractivity contribution >= 4 is 0 Å². The van der Waals surface area contributed by atoms with Crippen molar-refractivity contribution in [1.29, 1.82) is 0 Å². The molecule has 17 heavy (non-hydrogen) atoms. The van der Waals surface area contributed by atoms with Crippen LogP contribution in [0.1, 0.15) is 65.7 Å². The summed E-state index contributed by atoms with van der Waals surface area (Å²) < 4.78 is 5.69. The number of rotatable bonds is 6. The minimum absolute atomic E-state index is 0.298. The van der Waals surface area contributed by atoms with Crippen molar-refractivity contribution in [2.45, 2.75) is 77.4 Å². The van der Waals surface area contributed by atoms with E-state index in [2.05, 4.69) is 20.8 Å². The maximum absolute atomic E-state index is 10.8. The van der Waals surface area contributed by atoms with E-state index in [1.807, 2.05) is 0 Å². The Labute approximate surface area is 107 Å². The molecule has 0 radical (unpaired) electrons. The number of ether oxygens (including phenoxy) is 1. The lowest BCUT2D eigenvalue weighted by Crippen LogP contribution is -2.49. The molecule has 1 rings (SSSR count). The molecular weight excluding hydrogens is 212 g/mol. The zero-order valence-corrected chi connectivity index (χ0v) is 12.0. The van der Waals surface area contributed by atoms with Crippen LogP contribution < -0.4 is 0 Å². The van der Waals surface area contributed by atoms with Gasteiger partial charge in [0.05, 0.1) is 11.7 Å². The Bertz CT molecular complexity index is 203. The van der Waals surface area contributed by atoms with Gasteiger partial charge in [-0.1, -0.05) is 46.5 Å². The molecule has 0 aromatic carbocycles. The van der Waals surface area contributed by atoms with Crippen molar-refractivity contribution in [1.82, 2.24) is 0 Å². The first-order chi connectivity index (χ1) is 8.15. The SMILES string of the molecule is CCC1CCCCC1C(O)C(CC)(CC)OC. The maximum atomic E-state index is 10.8. The van der Waals surface area contributed by atoms with Crippen LogP contribution in [0.4, 0.5) is 0 Å². The molecule has 3 atom stereocenters. The fourth-order valence-corrected chi connectivity index (χ4v) is 3.63. The summed E-state index contributed by atoms with van der Waals surface area (Å²) in [4.78, 5) is 0. The van der Waals surface area contributed by atoms with Crippen molar-refractivity contribution in [3.63, 3.8) is 0 Å². The predicted molar refractivity (Wildman–Crippen MR) is 72.1 cm³/mol. The molecule has 1 aliphatic rings. The normalized spacial score (nSPS) is 28.1. The standard InChI is InChI=1S/C15H30O2/c1-5-12-10-8-9-11-13(12)14(16)15(6-2,7-3)17-4/h12-14,16H,5-11H2,1-4H3. The lowest BCUT2D eigenvalue weighted by Gasteiger charge is -2.44. The van der Waals surface area contributed by atoms with Crippen molar-refractivity contribution in [2.75, 3.05) is 7.11 Å². The Morgan fingerprint density at radius 3 is 2.24 bits per heavy atom. The number of aliphatic hydroxyl groups excluding tert-OH is 1. The molecule has 0 amide bonds. The van der Waals surface area contributed by atoms with Crippen LogP contribution in [0, 0.1) is 11.8 Å². The van der Waals surface area contributed by atoms with Crippen LogP contribution in [0.2, 0.25) is 0 Å². The minimum atomic E-state index is -0.324. The summed E-state index contributed by atoms with van der Waals surface area (Å²) in [7, 11) is 1.75. The van der Waals surface area contributed by atoms with E-state index in [0.717, 1.165) is 12.8 Å². The monoisotopic (exact) mass is 242 g/mol. The third kappa shape index (κ3) is 3.03. The molecule has 0 aliphatic heterocycles. The molecular formula is C15H30O2. The summed E-state index contributed by atoms with van der Waals surface area (Å²) in [5, 5.41) is 10.8. The molecule has 0 aromatic heterocycles. The number of hydrogen-bond acceptors (Lipinski definition) is 2. The van der Waals surface area contributed by atoms with Gasteiger partial charge in [-0.3, -0.25) is 0 Å². The highest BCUT2D eigenvalue weighted by atomic mass is 16.5. The smallest absolute Gasteiger partial charge is 0.0933 e. The lowest BCUT2D eigenvalue weighted by atomic mass is 9.69. The van der Waals surface area contributed by atoms with Crippen LogP contribution in [0.3, 0.4) is 0 Å². The summed E-state index contributed by atoms with van der Waals surface area (Å²) in [5.41, 5.74) is -0.324. The number of aliphatic hydroxyl groups is 1. The van der Waals surface area contributed by atoms with Crippen LogP contribution >= 0.6 is 0 Å². The van der Waals surface area contributed by atoms with E-state index in [1.54, 1.807) is 7.11 Å². The third-order valence-corrected chi connectivity index (χ3v) is 5.04. The zero-order chi connectivity index (χ0) is 12.9. The van der Waals surface area contributed by atoms with E-state index in [-0.39, 0.29) is 11.7 Å². The van der Waals surface area contributed by atoms with Crippen molar-refractivity contribution < 1.29 is 9.84 Å². The highest BCUT2D eigenvalue weighted by Gasteiger charge is 2.42. The van der Waals surface area contributed by atoms with Gasteiger partial charge < -0.3 is 9.84 Å². The first kappa shape index (κ1) is 15.0. The molecule has 1 aliphatic carbocycles. The molecule has 1 fully saturated rings. The van der Waals surface area contributed by atoms with E-state index < -0.39 is 0 Å². The molecule has 1 N–H and O–H groups in total. The fraction of sp³-hybridized carbons (Fsp3) is 1.00. The highest BCUT2D eigenvalue weighted by molar-refractivity contribution is 4.93. The van der Waals surface area contributed by atoms with Gasteiger partial charge in [0, 0.05) is 7.11 Å². The van der Waals surface area contributed by atoms with Crippen LogP contribution in [0.15, 0.2) is 0 Å². The van der Waals surface area contributed by atoms with Gasteiger partial charge in [-0.15, -0.1) is 0 Å². The quantitative estimate of drug-likeness (QED) is 0.768. The Morgan fingerprint density at radius 2 is 1.76 bits per heavy atom. The lowest BCUT2D eigenvalue weighted by molar-refractivity contribution is -0.142. The second-order valence-electron chi connectivity index (χ2n) is 5.54. The minimum Gasteiger partial charge on any atom is -0.390 e. The van der Waals surface area contributed by atoms with Crippen LogP contribution in [0.5, 0.6) is 0 Å². The Morgan fingerprint density at radius 1 is 1.18 bits per heavy atom. The third-order valence-electron chi connectivity index (χ3n) is 5.04. The van der Waals surface area contributed by atoms with E-state index in [1.165, 1.54) is 32.1 Å². The summed E-state index contributed by atoms with van der Waals surface area (Å²) in [6, 6.07) is 0. The van der Waals surface area contributed by atoms with E-state index >= 15 is 0 Å². The average Bonchev–Trinajstić information content (AvgIpc) is 2.41. The average molecular weight is 242 g/mol. The van der Waals surface area contributed by atoms with Crippen LogP contribution in [-0.2, 0) is 4.74 Å². The Balaban J connectivity index is 2.80. The topological polar surface area (TPSA) is 29.5 Å². The zero-order valence-electron chi connectivity index (χ0n) is 12.0. The van der Waals surface area contributed by atoms with Gasteiger partial charge in [0.1, 0.15) is 0 Å². The Kier molecular flexibility index (Phi) is 5.94. The largest absolute Gasteiger partial charge is 0.390 e. The fourth-order valence-electron chi connectivity index (χ4n) is 3.63. The molecule has 3 unspecified atom stereocenters. The molecule has 1 saturated carbocycles. The van der Waals surface area contributed by atoms with Gasteiger partial charge in [-0.25, -0.2) is 0 Å². The van der Waals surface area contributed by atoms with E-state index in [4.69, 9.17) is 4.74 Å². The molecule has 102 valence electrons. The molecule has 0 aromatic rings. The van der Waals surface area contributed by atoms with Crippen LogP contribution in [0.25, 0.3) is 0 Å². The summed E-state index contributed by atoms with van der Waals surface area (Å²) in [5.74, 6) is 1.12. The second kappa shape index (κ2) is 6.75. The van der Waals surface area contributed by atoms with Gasteiger partial charge in [0.2, 0.25) is 0 Å². The van der Waals surface area contributed by atoms with Crippen molar-refractivity contribution in [3.05, 3.63) is 0 Å². The molecule has 2 nitrogen and oxygen atoms in total. The molecule has 2 heteroatoms. The van der Waals surface area contributed by atoms with Gasteiger partial charge in [0.25, 0.3) is 0 Å². The van der Waals surface area contributed by atoms with Crippen LogP contribution in [-0.4, -0.2) is 23.9 Å². The van der Waals surface area contributed by atoms with Gasteiger partial charge in [-0.2, -0.15) is 0 Å². The van der Waals surface area contributed by atoms with Gasteiger partial charge >= 0.3 is 0 Å². The molecule has 0 saturated heterocycles. The number of methoxy groups -OCH3 is 1. The Hall–Kier alpha value is -0.0800. The first-order valence-electron chi connectivity index (χ1n) is 7.38. The van der Waals surface area contributed by atoms with Gasteiger partial charge in [0.15, 0.2) is 0 Å². The molecule has 0 spiro atoms. The summed E-state index contributed by atoms with van der Waals surface area (Å²) in [6.07, 6.45) is 7.74. The maximum Gasteiger partial charge on any atom is 0.0933 e. The van der Waals surface area contributed by atoms with E-state index in [0.29, 0.717) is 11.8 Å². The second-order valence-corrected chi connectivity index (χ2v) is 5.54. The van der Waals surface area contributed by atoms with Gasteiger partial charge in [-0.05, 0) is 31.1 Å². The van der Waals surface area contributed by atoms with Crippen molar-refractivity contribution in [2.24, 2.45) is 11.8 Å².